The minimum absolute atomic E-state index is 0.0793. The van der Waals surface area contributed by atoms with Gasteiger partial charge in [-0.3, -0.25) is 19.4 Å². The summed E-state index contributed by atoms with van der Waals surface area (Å²) in [6.45, 7) is 0. The average Bonchev–Trinajstić information content (AvgIpc) is 2.66. The van der Waals surface area contributed by atoms with Gasteiger partial charge in [0.2, 0.25) is 0 Å². The van der Waals surface area contributed by atoms with Gasteiger partial charge in [-0.25, -0.2) is 8.42 Å². The van der Waals surface area contributed by atoms with Crippen LogP contribution in [-0.2, 0) is 10.1 Å². The Morgan fingerprint density at radius 1 is 1.12 bits per heavy atom. The minimum Gasteiger partial charge on any atom is -0.741 e. The first-order valence-corrected chi connectivity index (χ1v) is 11.7. The lowest BCUT2D eigenvalue weighted by Gasteiger charge is -2.25. The Morgan fingerprint density at radius 2 is 1.62 bits per heavy atom. The molecule has 0 aliphatic carbocycles. The van der Waals surface area contributed by atoms with Crippen molar-refractivity contribution in [1.82, 2.24) is 9.38 Å². The Morgan fingerprint density at radius 3 is 2.03 bits per heavy atom. The van der Waals surface area contributed by atoms with Crippen molar-refractivity contribution in [1.29, 1.82) is 0 Å². The van der Waals surface area contributed by atoms with Gasteiger partial charge in [-0.05, 0) is 12.1 Å². The smallest absolute Gasteiger partial charge is 0.485 e. The third-order valence-corrected chi connectivity index (χ3v) is 5.97. The Hall–Kier alpha value is -2.39. The van der Waals surface area contributed by atoms with Gasteiger partial charge < -0.3 is 9.45 Å². The van der Waals surface area contributed by atoms with Crippen LogP contribution in [0.25, 0.3) is 0 Å². The average molecular weight is 544 g/mol. The molecule has 15 heteroatoms. The Kier molecular flexibility index (Phi) is 9.51. The van der Waals surface area contributed by atoms with Crippen LogP contribution in [0, 0.1) is 10.1 Å². The van der Waals surface area contributed by atoms with E-state index in [0.717, 1.165) is 5.69 Å². The maximum absolute atomic E-state index is 12.4. The van der Waals surface area contributed by atoms with Gasteiger partial charge in [-0.2, -0.15) is 13.2 Å². The third kappa shape index (κ3) is 7.84. The highest BCUT2D eigenvalue weighted by Gasteiger charge is 2.37. The molecule has 9 nitrogen and oxygen atoms in total. The molecule has 0 fully saturated rings. The predicted octanol–water partition coefficient (Wildman–Crippen LogP) is 4.35. The summed E-state index contributed by atoms with van der Waals surface area (Å²) in [5.41, 5.74) is -4.47. The molecular weight excluding hydrogens is 523 g/mol. The number of benzene rings is 2. The van der Waals surface area contributed by atoms with Crippen molar-refractivity contribution < 1.29 is 35.9 Å². The molecule has 188 valence electrons. The van der Waals surface area contributed by atoms with Crippen LogP contribution in [0.4, 0.5) is 24.5 Å². The quantitative estimate of drug-likeness (QED) is 0.181. The molecule has 0 saturated carbocycles. The summed E-state index contributed by atoms with van der Waals surface area (Å²) in [7, 11) is 3.06. The molecular formula is C19H21ClF3N3O6S2. The van der Waals surface area contributed by atoms with Crippen LogP contribution >= 0.6 is 23.4 Å². The molecule has 0 aliphatic rings. The Bertz CT molecular complexity index is 1180. The molecule has 0 radical (unpaired) electrons. The monoisotopic (exact) mass is 543 g/mol. The van der Waals surface area contributed by atoms with Crippen molar-refractivity contribution >= 4 is 50.8 Å². The molecule has 0 N–H and O–H groups in total. The summed E-state index contributed by atoms with van der Waals surface area (Å²) < 4.78 is 59.3. The van der Waals surface area contributed by atoms with Crippen LogP contribution in [0.5, 0.6) is 0 Å². The number of quaternary nitrogens is 1. The fourth-order valence-electron chi connectivity index (χ4n) is 2.36. The zero-order valence-corrected chi connectivity index (χ0v) is 21.0. The minimum atomic E-state index is -6.09. The van der Waals surface area contributed by atoms with Crippen molar-refractivity contribution in [3.8, 4) is 0 Å². The molecule has 0 atom stereocenters. The maximum Gasteiger partial charge on any atom is 0.485 e. The Labute approximate surface area is 203 Å². The highest BCUT2D eigenvalue weighted by molar-refractivity contribution is 7.99. The van der Waals surface area contributed by atoms with Gasteiger partial charge in [0.15, 0.2) is 15.8 Å². The van der Waals surface area contributed by atoms with E-state index in [9.17, 15) is 28.1 Å². The number of nitro groups is 1. The standard InChI is InChI=1S/C18H21ClN3O3S.CHF3O3S/c1-20(2)18(23)12-8-6-7-9-16(12)26-17-11-15(22(3,4)5)13(19)10-14(17)21(24)25;2-1(3,4)8(5,6)7/h6-11H,1-5H3;(H,5,6,7)/q+1;/p-1. The van der Waals surface area contributed by atoms with Gasteiger partial charge in [0, 0.05) is 31.1 Å². The summed E-state index contributed by atoms with van der Waals surface area (Å²) in [4.78, 5) is 26.0. The number of hydrogen-bond donors (Lipinski definition) is 0. The van der Waals surface area contributed by atoms with E-state index in [1.807, 2.05) is 21.1 Å². The molecule has 0 heterocycles. The van der Waals surface area contributed by atoms with E-state index in [1.165, 1.54) is 22.7 Å². The number of nitro benzene ring substituents is 1. The van der Waals surface area contributed by atoms with E-state index >= 15 is 0 Å². The second-order valence-electron chi connectivity index (χ2n) is 7.74. The number of hydrogen-bond acceptors (Lipinski definition) is 7. The summed E-state index contributed by atoms with van der Waals surface area (Å²) in [6, 6.07) is 10.2. The van der Waals surface area contributed by atoms with Crippen molar-refractivity contribution in [3.63, 3.8) is 0 Å². The van der Waals surface area contributed by atoms with Gasteiger partial charge in [0.1, 0.15) is 5.02 Å². The molecule has 0 spiro atoms. The molecule has 34 heavy (non-hydrogen) atoms. The van der Waals surface area contributed by atoms with Gasteiger partial charge in [-0.1, -0.05) is 35.5 Å². The number of amides is 1. The fourth-order valence-corrected chi connectivity index (χ4v) is 3.83. The molecule has 0 saturated heterocycles. The number of rotatable bonds is 5. The SMILES string of the molecule is CN(C)C(=O)c1ccccc1Sc1cc([N+](C)(C)C)c(Cl)cc1[N+](=O)[O-].O=S(=O)([O-])C(F)(F)F. The first-order valence-electron chi connectivity index (χ1n) is 9.08. The van der Waals surface area contributed by atoms with Gasteiger partial charge in [0.25, 0.3) is 11.6 Å². The molecule has 0 aliphatic heterocycles. The van der Waals surface area contributed by atoms with Crippen molar-refractivity contribution in [2.75, 3.05) is 35.2 Å². The van der Waals surface area contributed by atoms with E-state index in [0.29, 0.717) is 24.9 Å². The molecule has 0 aromatic heterocycles. The lowest BCUT2D eigenvalue weighted by Crippen LogP contribution is -2.35. The molecule has 0 unspecified atom stereocenters. The molecule has 0 bridgehead atoms. The Balaban J connectivity index is 0.000000620. The highest BCUT2D eigenvalue weighted by atomic mass is 35.5. The second-order valence-corrected chi connectivity index (χ2v) is 10.6. The summed E-state index contributed by atoms with van der Waals surface area (Å²) in [6.07, 6.45) is 0. The highest BCUT2D eigenvalue weighted by Crippen LogP contribution is 2.42. The molecule has 2 aromatic rings. The molecule has 2 aromatic carbocycles. The fraction of sp³-hybridized carbons (Fsp3) is 0.316. The van der Waals surface area contributed by atoms with Crippen LogP contribution in [0.15, 0.2) is 46.2 Å². The normalized spacial score (nSPS) is 11.9. The number of carbonyl (C=O) groups is 1. The van der Waals surface area contributed by atoms with Gasteiger partial charge >= 0.3 is 5.51 Å². The van der Waals surface area contributed by atoms with Crippen molar-refractivity contribution in [2.24, 2.45) is 0 Å². The van der Waals surface area contributed by atoms with E-state index in [-0.39, 0.29) is 11.6 Å². The lowest BCUT2D eigenvalue weighted by atomic mass is 10.2. The summed E-state index contributed by atoms with van der Waals surface area (Å²) in [5.74, 6) is -0.156. The number of halogens is 4. The van der Waals surface area contributed by atoms with Crippen LogP contribution in [0.2, 0.25) is 5.02 Å². The lowest BCUT2D eigenvalue weighted by molar-refractivity contribution is -0.387. The maximum atomic E-state index is 12.4. The zero-order chi connectivity index (χ0) is 26.6. The molecule has 2 rings (SSSR count). The van der Waals surface area contributed by atoms with Crippen LogP contribution in [0.3, 0.4) is 0 Å². The van der Waals surface area contributed by atoms with E-state index in [1.54, 1.807) is 44.4 Å². The zero-order valence-electron chi connectivity index (χ0n) is 18.6. The largest absolute Gasteiger partial charge is 0.741 e. The van der Waals surface area contributed by atoms with Crippen molar-refractivity contribution in [2.45, 2.75) is 15.3 Å². The van der Waals surface area contributed by atoms with Crippen LogP contribution in [0.1, 0.15) is 10.4 Å². The predicted molar refractivity (Wildman–Crippen MR) is 122 cm³/mol. The third-order valence-electron chi connectivity index (χ3n) is 3.97. The topological polar surface area (TPSA) is 121 Å². The van der Waals surface area contributed by atoms with E-state index < -0.39 is 20.5 Å². The van der Waals surface area contributed by atoms with E-state index in [2.05, 4.69) is 0 Å². The van der Waals surface area contributed by atoms with Gasteiger partial charge in [0.05, 0.1) is 36.5 Å². The van der Waals surface area contributed by atoms with Crippen LogP contribution < -0.4 is 4.48 Å². The summed E-state index contributed by atoms with van der Waals surface area (Å²) in [5, 5.41) is 11.8. The van der Waals surface area contributed by atoms with Crippen LogP contribution in [-0.4, -0.2) is 69.4 Å². The number of carbonyl (C=O) groups excluding carboxylic acids is 1. The number of nitrogens with zero attached hydrogens (tertiary/aromatic N) is 3. The van der Waals surface area contributed by atoms with E-state index in [4.69, 9.17) is 24.6 Å². The van der Waals surface area contributed by atoms with Gasteiger partial charge in [-0.15, -0.1) is 0 Å². The second kappa shape index (κ2) is 10.9. The molecule has 1 amide bonds. The summed E-state index contributed by atoms with van der Waals surface area (Å²) >= 11 is 7.46. The first kappa shape index (κ1) is 29.6. The van der Waals surface area contributed by atoms with Crippen molar-refractivity contribution in [3.05, 3.63) is 57.1 Å². The first-order chi connectivity index (χ1) is 15.3. The number of alkyl halides is 3.